The Bertz CT molecular complexity index is 367. The second kappa shape index (κ2) is 4.61. The van der Waals surface area contributed by atoms with E-state index in [1.54, 1.807) is 24.5 Å². The molecule has 1 N–H and O–H groups in total. The van der Waals surface area contributed by atoms with Crippen LogP contribution in [0.5, 0.6) is 0 Å². The highest BCUT2D eigenvalue weighted by Gasteiger charge is 2.28. The lowest BCUT2D eigenvalue weighted by molar-refractivity contribution is 0.0364. The largest absolute Gasteiger partial charge is 0.393 e. The van der Waals surface area contributed by atoms with E-state index in [4.69, 9.17) is 0 Å². The molecule has 86 valence electrons. The zero-order chi connectivity index (χ0) is 11.5. The first kappa shape index (κ1) is 11.1. The van der Waals surface area contributed by atoms with Crippen LogP contribution in [0.1, 0.15) is 30.1 Å². The van der Waals surface area contributed by atoms with Gasteiger partial charge in [-0.1, -0.05) is 0 Å². The summed E-state index contributed by atoms with van der Waals surface area (Å²) in [5.74, 6) is 0.00694. The van der Waals surface area contributed by atoms with Gasteiger partial charge in [0.15, 0.2) is 0 Å². The number of likely N-dealkylation sites (tertiary alicyclic amines) is 1. The molecular formula is C12H16N2O2. The van der Waals surface area contributed by atoms with Crippen LogP contribution in [-0.4, -0.2) is 39.6 Å². The van der Waals surface area contributed by atoms with Crippen LogP contribution in [0.25, 0.3) is 0 Å². The van der Waals surface area contributed by atoms with E-state index >= 15 is 0 Å². The Balaban J connectivity index is 2.11. The van der Waals surface area contributed by atoms with Crippen molar-refractivity contribution in [3.63, 3.8) is 0 Å². The molecule has 0 saturated carbocycles. The number of hydrogen-bond acceptors (Lipinski definition) is 3. The maximum absolute atomic E-state index is 12.1. The second-order valence-electron chi connectivity index (χ2n) is 4.27. The third-order valence-corrected chi connectivity index (χ3v) is 3.02. The van der Waals surface area contributed by atoms with Gasteiger partial charge in [0.2, 0.25) is 0 Å². The number of piperidine rings is 1. The van der Waals surface area contributed by atoms with Crippen molar-refractivity contribution >= 4 is 5.91 Å². The minimum absolute atomic E-state index is 0.00694. The molecule has 1 aromatic rings. The molecule has 0 aromatic carbocycles. The zero-order valence-electron chi connectivity index (χ0n) is 9.34. The lowest BCUT2D eigenvalue weighted by Gasteiger charge is -2.35. The van der Waals surface area contributed by atoms with E-state index in [0.717, 1.165) is 0 Å². The highest BCUT2D eigenvalue weighted by molar-refractivity contribution is 5.94. The van der Waals surface area contributed by atoms with Crippen LogP contribution in [0, 0.1) is 0 Å². The second-order valence-corrected chi connectivity index (χ2v) is 4.27. The molecule has 1 aliphatic heterocycles. The Morgan fingerprint density at radius 1 is 1.62 bits per heavy atom. The first-order valence-electron chi connectivity index (χ1n) is 5.57. The fourth-order valence-corrected chi connectivity index (χ4v) is 2.10. The van der Waals surface area contributed by atoms with Crippen LogP contribution in [0.15, 0.2) is 24.5 Å². The van der Waals surface area contributed by atoms with E-state index in [9.17, 15) is 9.90 Å². The van der Waals surface area contributed by atoms with Crippen molar-refractivity contribution in [1.29, 1.82) is 0 Å². The smallest absolute Gasteiger partial charge is 0.255 e. The summed E-state index contributed by atoms with van der Waals surface area (Å²) in [5, 5.41) is 9.50. The number of aliphatic hydroxyl groups excluding tert-OH is 1. The maximum atomic E-state index is 12.1. The zero-order valence-corrected chi connectivity index (χ0v) is 9.34. The quantitative estimate of drug-likeness (QED) is 0.770. The molecule has 0 bridgehead atoms. The number of aliphatic hydroxyl groups is 1. The van der Waals surface area contributed by atoms with Gasteiger partial charge in [-0.3, -0.25) is 9.78 Å². The van der Waals surface area contributed by atoms with E-state index in [-0.39, 0.29) is 18.1 Å². The van der Waals surface area contributed by atoms with Gasteiger partial charge >= 0.3 is 0 Å². The molecular weight excluding hydrogens is 204 g/mol. The van der Waals surface area contributed by atoms with Gasteiger partial charge < -0.3 is 10.0 Å². The predicted octanol–water partition coefficient (Wildman–Crippen LogP) is 1.07. The fraction of sp³-hybridized carbons (Fsp3) is 0.500. The molecule has 16 heavy (non-hydrogen) atoms. The molecule has 0 unspecified atom stereocenters. The van der Waals surface area contributed by atoms with Crippen LogP contribution >= 0.6 is 0 Å². The number of carbonyl (C=O) groups is 1. The van der Waals surface area contributed by atoms with E-state index in [2.05, 4.69) is 4.98 Å². The molecule has 1 saturated heterocycles. The molecule has 0 radical (unpaired) electrons. The number of pyridine rings is 1. The highest BCUT2D eigenvalue weighted by atomic mass is 16.3. The third kappa shape index (κ3) is 2.22. The number of carbonyl (C=O) groups excluding carboxylic acids is 1. The van der Waals surface area contributed by atoms with E-state index in [0.29, 0.717) is 24.9 Å². The summed E-state index contributed by atoms with van der Waals surface area (Å²) in [4.78, 5) is 17.9. The SMILES string of the molecule is C[C@H]1C[C@@H](O)CCN1C(=O)c1cccnc1. The summed E-state index contributed by atoms with van der Waals surface area (Å²) < 4.78 is 0. The van der Waals surface area contributed by atoms with Crippen molar-refractivity contribution < 1.29 is 9.90 Å². The third-order valence-electron chi connectivity index (χ3n) is 3.02. The fourth-order valence-electron chi connectivity index (χ4n) is 2.10. The summed E-state index contributed by atoms with van der Waals surface area (Å²) in [7, 11) is 0. The molecule has 1 aromatic heterocycles. The Labute approximate surface area is 94.9 Å². The molecule has 0 spiro atoms. The highest BCUT2D eigenvalue weighted by Crippen LogP contribution is 2.19. The molecule has 4 heteroatoms. The van der Waals surface area contributed by atoms with Crippen molar-refractivity contribution in [2.75, 3.05) is 6.54 Å². The monoisotopic (exact) mass is 220 g/mol. The van der Waals surface area contributed by atoms with E-state index in [1.807, 2.05) is 11.8 Å². The Kier molecular flexibility index (Phi) is 3.19. The number of aromatic nitrogens is 1. The van der Waals surface area contributed by atoms with Gasteiger partial charge in [-0.15, -0.1) is 0 Å². The van der Waals surface area contributed by atoms with Crippen LogP contribution < -0.4 is 0 Å². The topological polar surface area (TPSA) is 53.4 Å². The molecule has 1 aliphatic rings. The molecule has 2 heterocycles. The minimum atomic E-state index is -0.270. The van der Waals surface area contributed by atoms with Crippen molar-refractivity contribution in [2.45, 2.75) is 31.9 Å². The van der Waals surface area contributed by atoms with Crippen molar-refractivity contribution in [1.82, 2.24) is 9.88 Å². The molecule has 2 atom stereocenters. The number of rotatable bonds is 1. The molecule has 0 aliphatic carbocycles. The average molecular weight is 220 g/mol. The predicted molar refractivity (Wildman–Crippen MR) is 60.0 cm³/mol. The Hall–Kier alpha value is -1.42. The average Bonchev–Trinajstić information content (AvgIpc) is 2.29. The van der Waals surface area contributed by atoms with Crippen LogP contribution in [0.4, 0.5) is 0 Å². The lowest BCUT2D eigenvalue weighted by atomic mass is 10.00. The summed E-state index contributed by atoms with van der Waals surface area (Å²) in [6.45, 7) is 2.59. The molecule has 4 nitrogen and oxygen atoms in total. The summed E-state index contributed by atoms with van der Waals surface area (Å²) >= 11 is 0. The first-order valence-corrected chi connectivity index (χ1v) is 5.57. The van der Waals surface area contributed by atoms with Gasteiger partial charge in [0.25, 0.3) is 5.91 Å². The molecule has 1 amide bonds. The van der Waals surface area contributed by atoms with Crippen LogP contribution in [0.2, 0.25) is 0 Å². The van der Waals surface area contributed by atoms with Crippen molar-refractivity contribution in [3.8, 4) is 0 Å². The normalized spacial score (nSPS) is 25.5. The Morgan fingerprint density at radius 3 is 3.06 bits per heavy atom. The minimum Gasteiger partial charge on any atom is -0.393 e. The van der Waals surface area contributed by atoms with Gasteiger partial charge in [-0.05, 0) is 31.9 Å². The van der Waals surface area contributed by atoms with Gasteiger partial charge in [-0.2, -0.15) is 0 Å². The summed E-state index contributed by atoms with van der Waals surface area (Å²) in [6, 6.07) is 3.63. The van der Waals surface area contributed by atoms with Gasteiger partial charge in [0, 0.05) is 25.0 Å². The number of amides is 1. The van der Waals surface area contributed by atoms with Crippen LogP contribution in [-0.2, 0) is 0 Å². The van der Waals surface area contributed by atoms with Crippen LogP contribution in [0.3, 0.4) is 0 Å². The first-order chi connectivity index (χ1) is 7.68. The standard InChI is InChI=1S/C12H16N2O2/c1-9-7-11(15)4-6-14(9)12(16)10-3-2-5-13-8-10/h2-3,5,8-9,11,15H,4,6-7H2,1H3/t9-,11-/m0/s1. The number of nitrogens with zero attached hydrogens (tertiary/aromatic N) is 2. The molecule has 1 fully saturated rings. The Morgan fingerprint density at radius 2 is 2.44 bits per heavy atom. The maximum Gasteiger partial charge on any atom is 0.255 e. The van der Waals surface area contributed by atoms with Gasteiger partial charge in [-0.25, -0.2) is 0 Å². The van der Waals surface area contributed by atoms with Crippen molar-refractivity contribution in [2.24, 2.45) is 0 Å². The summed E-state index contributed by atoms with van der Waals surface area (Å²) in [6.07, 6.45) is 4.29. The number of hydrogen-bond donors (Lipinski definition) is 1. The van der Waals surface area contributed by atoms with Gasteiger partial charge in [0.05, 0.1) is 11.7 Å². The van der Waals surface area contributed by atoms with E-state index < -0.39 is 0 Å². The lowest BCUT2D eigenvalue weighted by Crippen LogP contribution is -2.46. The van der Waals surface area contributed by atoms with Gasteiger partial charge in [0.1, 0.15) is 0 Å². The van der Waals surface area contributed by atoms with E-state index in [1.165, 1.54) is 0 Å². The molecule has 2 rings (SSSR count). The summed E-state index contributed by atoms with van der Waals surface area (Å²) in [5.41, 5.74) is 0.616. The van der Waals surface area contributed by atoms with Crippen molar-refractivity contribution in [3.05, 3.63) is 30.1 Å².